The molecule has 1 aromatic heterocycles. The van der Waals surface area contributed by atoms with E-state index in [4.69, 9.17) is 30.2 Å². The topological polar surface area (TPSA) is 215 Å². The third kappa shape index (κ3) is 6.55. The highest BCUT2D eigenvalue weighted by Crippen LogP contribution is 2.45. The number of aliphatic hydroxyl groups is 1. The molecule has 1 aromatic carbocycles. The monoisotopic (exact) mass is 496 g/mol. The van der Waals surface area contributed by atoms with Crippen molar-refractivity contribution in [3.63, 3.8) is 0 Å². The van der Waals surface area contributed by atoms with Gasteiger partial charge in [-0.3, -0.25) is 23.8 Å². The maximum absolute atomic E-state index is 12.4. The molecule has 0 amide bonds. The Morgan fingerprint density at radius 1 is 1.41 bits per heavy atom. The number of nitrogens with one attached hydrogen (secondary N) is 1. The maximum atomic E-state index is 12.4. The van der Waals surface area contributed by atoms with Crippen molar-refractivity contribution in [1.29, 1.82) is 0 Å². The number of hydrogen-bond acceptors (Lipinski definition) is 9. The quantitative estimate of drug-likeness (QED) is 0.159. The Morgan fingerprint density at radius 2 is 2.12 bits per heavy atom. The molecule has 0 bridgehead atoms. The third-order valence-corrected chi connectivity index (χ3v) is 6.06. The molecule has 0 saturated carbocycles. The zero-order valence-corrected chi connectivity index (χ0v) is 19.1. The summed E-state index contributed by atoms with van der Waals surface area (Å²) in [7, 11) is -4.57. The van der Waals surface area contributed by atoms with Gasteiger partial charge in [0.1, 0.15) is 12.0 Å². The molecule has 14 nitrogen and oxygen atoms in total. The molecule has 0 spiro atoms. The molecule has 2 heterocycles. The molecule has 5 N–H and O–H groups in total. The first kappa shape index (κ1) is 25.7. The van der Waals surface area contributed by atoms with Gasteiger partial charge in [0.2, 0.25) is 0 Å². The van der Waals surface area contributed by atoms with Gasteiger partial charge < -0.3 is 20.1 Å². The molecule has 34 heavy (non-hydrogen) atoms. The zero-order chi connectivity index (χ0) is 24.9. The van der Waals surface area contributed by atoms with Crippen LogP contribution in [0.4, 0.5) is 0 Å². The summed E-state index contributed by atoms with van der Waals surface area (Å²) in [5, 5.41) is 12.6. The summed E-state index contributed by atoms with van der Waals surface area (Å²) in [5.74, 6) is 0.0687. The van der Waals surface area contributed by atoms with Crippen LogP contribution in [0.15, 0.2) is 45.2 Å². The summed E-state index contributed by atoms with van der Waals surface area (Å²) in [6.07, 6.45) is -0.0183. The van der Waals surface area contributed by atoms with Crippen LogP contribution in [0, 0.1) is 6.92 Å². The molecule has 1 aliphatic rings. The van der Waals surface area contributed by atoms with Gasteiger partial charge in [-0.2, -0.15) is 0 Å². The Morgan fingerprint density at radius 3 is 2.76 bits per heavy atom. The van der Waals surface area contributed by atoms with Crippen molar-refractivity contribution in [2.45, 2.75) is 44.2 Å². The molecule has 0 radical (unpaired) electrons. The number of ether oxygens (including phenoxy) is 1. The second kappa shape index (κ2) is 11.0. The number of azide groups is 1. The van der Waals surface area contributed by atoms with Gasteiger partial charge in [-0.25, -0.2) is 9.36 Å². The second-order valence-electron chi connectivity index (χ2n) is 7.76. The molecular weight excluding hydrogens is 471 g/mol. The van der Waals surface area contributed by atoms with Crippen molar-refractivity contribution >= 4 is 7.82 Å². The van der Waals surface area contributed by atoms with E-state index in [0.717, 1.165) is 10.1 Å². The molecule has 0 aliphatic carbocycles. The van der Waals surface area contributed by atoms with E-state index < -0.39 is 50.1 Å². The zero-order valence-electron chi connectivity index (χ0n) is 18.2. The third-order valence-electron chi connectivity index (χ3n) is 5.14. The Labute approximate surface area is 193 Å². The number of aromatic amines is 1. The highest BCUT2D eigenvalue weighted by atomic mass is 31.2. The van der Waals surface area contributed by atoms with Crippen LogP contribution in [-0.2, 0) is 20.2 Å². The van der Waals surface area contributed by atoms with E-state index in [1.807, 2.05) is 0 Å². The predicted molar refractivity (Wildman–Crippen MR) is 119 cm³/mol. The van der Waals surface area contributed by atoms with Gasteiger partial charge in [-0.15, -0.1) is 0 Å². The molecule has 1 unspecified atom stereocenters. The van der Waals surface area contributed by atoms with Gasteiger partial charge in [-0.1, -0.05) is 17.2 Å². The number of rotatable bonds is 10. The summed E-state index contributed by atoms with van der Waals surface area (Å²) in [4.78, 5) is 38.7. The van der Waals surface area contributed by atoms with Crippen molar-refractivity contribution in [3.8, 4) is 5.75 Å². The highest BCUT2D eigenvalue weighted by Gasteiger charge is 2.38. The molecule has 15 heteroatoms. The second-order valence-corrected chi connectivity index (χ2v) is 9.14. The van der Waals surface area contributed by atoms with Gasteiger partial charge in [-0.05, 0) is 36.6 Å². The number of phosphoric acid groups is 1. The molecule has 184 valence electrons. The average Bonchev–Trinajstić information content (AvgIpc) is 3.19. The highest BCUT2D eigenvalue weighted by molar-refractivity contribution is 7.47. The molecule has 3 rings (SSSR count). The van der Waals surface area contributed by atoms with E-state index in [0.29, 0.717) is 6.42 Å². The fourth-order valence-corrected chi connectivity index (χ4v) is 4.18. The number of aliphatic hydroxyl groups excluding tert-OH is 1. The SMILES string of the molecule is Cc1cn([C@H]2C[C@H](N=[N+]=[N-])[C@@H](COP(=O)(O)Oc3ccc(C[C@H](N)CO)cc3)O2)c(=O)[nH]c1=O. The number of nitrogens with zero attached hydrogens (tertiary/aromatic N) is 4. The van der Waals surface area contributed by atoms with E-state index in [9.17, 15) is 19.0 Å². The molecule has 2 aromatic rings. The normalized spacial score (nSPS) is 22.5. The standard InChI is InChI=1S/C19H25N6O8P/c1-11-8-25(19(28)22-18(11)27)17-7-15(23-24-21)16(32-17)10-31-34(29,30)33-14-4-2-12(3-5-14)6-13(20)9-26/h2-5,8,13,15-17,26H,6-7,9-10,20H2,1H3,(H,29,30)(H,22,27,28)/t13-,15-,16+,17+/m0/s1. The van der Waals surface area contributed by atoms with Gasteiger partial charge in [0.15, 0.2) is 0 Å². The lowest BCUT2D eigenvalue weighted by molar-refractivity contribution is -0.0263. The Hall–Kier alpha value is -2.96. The number of H-pyrrole nitrogens is 1. The molecule has 1 aliphatic heterocycles. The molecular formula is C19H25N6O8P. The largest absolute Gasteiger partial charge is 0.527 e. The van der Waals surface area contributed by atoms with E-state index in [2.05, 4.69) is 15.0 Å². The van der Waals surface area contributed by atoms with Crippen molar-refractivity contribution < 1.29 is 28.3 Å². The Kier molecular flexibility index (Phi) is 8.28. The van der Waals surface area contributed by atoms with Crippen LogP contribution in [0.1, 0.15) is 23.8 Å². The number of aryl methyl sites for hydroxylation is 1. The first-order chi connectivity index (χ1) is 16.1. The van der Waals surface area contributed by atoms with Gasteiger partial charge in [0.05, 0.1) is 25.4 Å². The minimum Gasteiger partial charge on any atom is -0.404 e. The number of hydrogen-bond donors (Lipinski definition) is 4. The van der Waals surface area contributed by atoms with Gasteiger partial charge >= 0.3 is 13.5 Å². The lowest BCUT2D eigenvalue weighted by atomic mass is 10.1. The summed E-state index contributed by atoms with van der Waals surface area (Å²) < 4.78 is 29.4. The lowest BCUT2D eigenvalue weighted by Gasteiger charge is -2.19. The van der Waals surface area contributed by atoms with E-state index in [1.54, 1.807) is 12.1 Å². The predicted octanol–water partition coefficient (Wildman–Crippen LogP) is 0.870. The van der Waals surface area contributed by atoms with Crippen LogP contribution < -0.4 is 21.5 Å². The van der Waals surface area contributed by atoms with E-state index >= 15 is 0 Å². The van der Waals surface area contributed by atoms with Gasteiger partial charge in [0, 0.05) is 29.1 Å². The first-order valence-corrected chi connectivity index (χ1v) is 11.8. The Bertz CT molecular complexity index is 1210. The number of phosphoric ester groups is 1. The van der Waals surface area contributed by atoms with Crippen molar-refractivity contribution in [2.24, 2.45) is 10.8 Å². The summed E-state index contributed by atoms with van der Waals surface area (Å²) in [5.41, 5.74) is 14.4. The van der Waals surface area contributed by atoms with Crippen LogP contribution in [0.2, 0.25) is 0 Å². The van der Waals surface area contributed by atoms with Gasteiger partial charge in [0.25, 0.3) is 5.56 Å². The van der Waals surface area contributed by atoms with E-state index in [-0.39, 0.29) is 24.3 Å². The van der Waals surface area contributed by atoms with E-state index in [1.165, 1.54) is 25.3 Å². The number of benzene rings is 1. The minimum atomic E-state index is -4.57. The summed E-state index contributed by atoms with van der Waals surface area (Å²) >= 11 is 0. The fourth-order valence-electron chi connectivity index (χ4n) is 3.40. The Balaban J connectivity index is 1.65. The van der Waals surface area contributed by atoms with Crippen LogP contribution in [0.5, 0.6) is 5.75 Å². The van der Waals surface area contributed by atoms with Crippen LogP contribution >= 0.6 is 7.82 Å². The van der Waals surface area contributed by atoms with Crippen molar-refractivity contribution in [3.05, 3.63) is 72.9 Å². The van der Waals surface area contributed by atoms with Crippen LogP contribution in [0.25, 0.3) is 10.4 Å². The summed E-state index contributed by atoms with van der Waals surface area (Å²) in [6, 6.07) is 4.97. The summed E-state index contributed by atoms with van der Waals surface area (Å²) in [6.45, 7) is 0.881. The minimum absolute atomic E-state index is 0.0687. The smallest absolute Gasteiger partial charge is 0.404 e. The first-order valence-electron chi connectivity index (χ1n) is 10.3. The maximum Gasteiger partial charge on any atom is 0.527 e. The number of nitrogens with two attached hydrogens (primary N) is 1. The molecule has 1 saturated heterocycles. The molecule has 5 atom stereocenters. The van der Waals surface area contributed by atoms with Crippen molar-refractivity contribution in [1.82, 2.24) is 9.55 Å². The fraction of sp³-hybridized carbons (Fsp3) is 0.474. The lowest BCUT2D eigenvalue weighted by Crippen LogP contribution is -2.33. The van der Waals surface area contributed by atoms with Crippen LogP contribution in [0.3, 0.4) is 0 Å². The van der Waals surface area contributed by atoms with Crippen molar-refractivity contribution in [2.75, 3.05) is 13.2 Å². The molecule has 1 fully saturated rings. The number of aromatic nitrogens is 2. The van der Waals surface area contributed by atoms with Crippen LogP contribution in [-0.4, -0.2) is 51.0 Å². The average molecular weight is 496 g/mol.